The van der Waals surface area contributed by atoms with E-state index in [1.807, 2.05) is 0 Å². The fourth-order valence-electron chi connectivity index (χ4n) is 2.84. The number of nitrogens with one attached hydrogen (secondary N) is 2. The number of primary amides is 1. The third kappa shape index (κ3) is 6.66. The van der Waals surface area contributed by atoms with Gasteiger partial charge in [0.15, 0.2) is 0 Å². The van der Waals surface area contributed by atoms with Crippen molar-refractivity contribution in [3.8, 4) is 0 Å². The van der Waals surface area contributed by atoms with Gasteiger partial charge in [-0.2, -0.15) is 0 Å². The summed E-state index contributed by atoms with van der Waals surface area (Å²) in [5.74, 6) is -2.44. The molecule has 2 aromatic carbocycles. The zero-order chi connectivity index (χ0) is 22.3. The van der Waals surface area contributed by atoms with Crippen molar-refractivity contribution >= 4 is 23.4 Å². The Hall–Kier alpha value is -3.82. The summed E-state index contributed by atoms with van der Waals surface area (Å²) < 4.78 is 13.4. The molecule has 0 unspecified atom stereocenters. The molecule has 2 rings (SSSR count). The summed E-state index contributed by atoms with van der Waals surface area (Å²) in [7, 11) is 0. The Morgan fingerprint density at radius 2 is 1.67 bits per heavy atom. The molecule has 2 atom stereocenters. The van der Waals surface area contributed by atoms with E-state index >= 15 is 0 Å². The standard InChI is InChI=1S/C20H21FN4O5/c1-12(26)23-18(11-14-3-2-4-15(21)9-14)20(28)24-17(19(22)27)10-13-5-7-16(8-6-13)25(29)30/h2-9,17-18H,10-11H2,1H3,(H2,22,27)(H,23,26)(H,24,28)/t17-,18-/m1/s1. The number of hydrogen-bond acceptors (Lipinski definition) is 5. The van der Waals surface area contributed by atoms with E-state index in [2.05, 4.69) is 10.6 Å². The number of nitrogens with two attached hydrogens (primary N) is 1. The summed E-state index contributed by atoms with van der Waals surface area (Å²) in [6.07, 6.45) is 0.0119. The molecule has 0 heterocycles. The third-order valence-electron chi connectivity index (χ3n) is 4.27. The first-order valence-corrected chi connectivity index (χ1v) is 9.00. The number of nitro groups is 1. The summed E-state index contributed by atoms with van der Waals surface area (Å²) in [5, 5.41) is 15.7. The highest BCUT2D eigenvalue weighted by atomic mass is 19.1. The van der Waals surface area contributed by atoms with Gasteiger partial charge in [-0.05, 0) is 23.3 Å². The van der Waals surface area contributed by atoms with Crippen LogP contribution in [0, 0.1) is 15.9 Å². The molecule has 4 N–H and O–H groups in total. The molecule has 0 spiro atoms. The summed E-state index contributed by atoms with van der Waals surface area (Å²) in [6, 6.07) is 8.89. The van der Waals surface area contributed by atoms with E-state index in [9.17, 15) is 28.9 Å². The third-order valence-corrected chi connectivity index (χ3v) is 4.27. The lowest BCUT2D eigenvalue weighted by Crippen LogP contribution is -2.54. The average Bonchev–Trinajstić information content (AvgIpc) is 2.67. The Balaban J connectivity index is 2.13. The normalized spacial score (nSPS) is 12.5. The number of carbonyl (C=O) groups excluding carboxylic acids is 3. The maximum absolute atomic E-state index is 13.4. The van der Waals surface area contributed by atoms with Gasteiger partial charge in [-0.25, -0.2) is 4.39 Å². The van der Waals surface area contributed by atoms with Gasteiger partial charge in [0.2, 0.25) is 17.7 Å². The molecule has 0 bridgehead atoms. The lowest BCUT2D eigenvalue weighted by atomic mass is 10.0. The van der Waals surface area contributed by atoms with Crippen LogP contribution >= 0.6 is 0 Å². The lowest BCUT2D eigenvalue weighted by molar-refractivity contribution is -0.384. The maximum Gasteiger partial charge on any atom is 0.269 e. The number of nitrogens with zero attached hydrogens (tertiary/aromatic N) is 1. The molecular weight excluding hydrogens is 395 g/mol. The van der Waals surface area contributed by atoms with Gasteiger partial charge in [0, 0.05) is 31.9 Å². The minimum absolute atomic E-state index is 0.00578. The molecule has 0 radical (unpaired) electrons. The van der Waals surface area contributed by atoms with E-state index in [-0.39, 0.29) is 18.5 Å². The predicted octanol–water partition coefficient (Wildman–Crippen LogP) is 0.994. The molecule has 30 heavy (non-hydrogen) atoms. The van der Waals surface area contributed by atoms with E-state index in [1.54, 1.807) is 6.07 Å². The quantitative estimate of drug-likeness (QED) is 0.412. The number of rotatable bonds is 9. The van der Waals surface area contributed by atoms with E-state index in [1.165, 1.54) is 49.4 Å². The lowest BCUT2D eigenvalue weighted by Gasteiger charge is -2.22. The fraction of sp³-hybridized carbons (Fsp3) is 0.250. The van der Waals surface area contributed by atoms with Crippen molar-refractivity contribution in [2.75, 3.05) is 0 Å². The smallest absolute Gasteiger partial charge is 0.269 e. The Bertz CT molecular complexity index is 948. The first-order chi connectivity index (χ1) is 14.2. The fourth-order valence-corrected chi connectivity index (χ4v) is 2.84. The highest BCUT2D eigenvalue weighted by Crippen LogP contribution is 2.13. The van der Waals surface area contributed by atoms with Gasteiger partial charge in [0.1, 0.15) is 17.9 Å². The second kappa shape index (κ2) is 10.1. The SMILES string of the molecule is CC(=O)N[C@H](Cc1cccc(F)c1)C(=O)N[C@H](Cc1ccc([N+](=O)[O-])cc1)C(N)=O. The zero-order valence-corrected chi connectivity index (χ0v) is 16.1. The zero-order valence-electron chi connectivity index (χ0n) is 16.1. The molecule has 0 aliphatic carbocycles. The molecule has 3 amide bonds. The van der Waals surface area contributed by atoms with Crippen LogP contribution in [-0.2, 0) is 27.2 Å². The number of nitro benzene ring substituents is 1. The topological polar surface area (TPSA) is 144 Å². The largest absolute Gasteiger partial charge is 0.368 e. The second-order valence-corrected chi connectivity index (χ2v) is 6.68. The van der Waals surface area contributed by atoms with Gasteiger partial charge < -0.3 is 16.4 Å². The molecule has 0 saturated heterocycles. The summed E-state index contributed by atoms with van der Waals surface area (Å²) in [4.78, 5) is 46.2. The minimum Gasteiger partial charge on any atom is -0.368 e. The van der Waals surface area contributed by atoms with Crippen molar-refractivity contribution < 1.29 is 23.7 Å². The maximum atomic E-state index is 13.4. The van der Waals surface area contributed by atoms with Crippen molar-refractivity contribution in [1.82, 2.24) is 10.6 Å². The van der Waals surface area contributed by atoms with E-state index in [0.717, 1.165) is 0 Å². The summed E-state index contributed by atoms with van der Waals surface area (Å²) >= 11 is 0. The summed E-state index contributed by atoms with van der Waals surface area (Å²) in [6.45, 7) is 1.23. The van der Waals surface area contributed by atoms with E-state index in [4.69, 9.17) is 5.73 Å². The number of halogens is 1. The van der Waals surface area contributed by atoms with Crippen molar-refractivity contribution in [3.63, 3.8) is 0 Å². The van der Waals surface area contributed by atoms with E-state index in [0.29, 0.717) is 11.1 Å². The van der Waals surface area contributed by atoms with Crippen molar-refractivity contribution in [3.05, 3.63) is 75.6 Å². The van der Waals surface area contributed by atoms with Crippen molar-refractivity contribution in [1.29, 1.82) is 0 Å². The number of benzene rings is 2. The van der Waals surface area contributed by atoms with Gasteiger partial charge in [-0.3, -0.25) is 24.5 Å². The van der Waals surface area contributed by atoms with Gasteiger partial charge in [0.25, 0.3) is 5.69 Å². The van der Waals surface area contributed by atoms with Crippen LogP contribution in [-0.4, -0.2) is 34.7 Å². The number of carbonyl (C=O) groups is 3. The molecule has 0 aromatic heterocycles. The Morgan fingerprint density at radius 1 is 1.03 bits per heavy atom. The monoisotopic (exact) mass is 416 g/mol. The number of amides is 3. The van der Waals surface area contributed by atoms with Crippen molar-refractivity contribution in [2.45, 2.75) is 31.8 Å². The highest BCUT2D eigenvalue weighted by Gasteiger charge is 2.25. The van der Waals surface area contributed by atoms with Gasteiger partial charge >= 0.3 is 0 Å². The number of non-ortho nitro benzene ring substituents is 1. The Kier molecular flexibility index (Phi) is 7.56. The molecule has 0 saturated carbocycles. The highest BCUT2D eigenvalue weighted by molar-refractivity contribution is 5.91. The van der Waals surface area contributed by atoms with Crippen molar-refractivity contribution in [2.24, 2.45) is 5.73 Å². The van der Waals surface area contributed by atoms with Gasteiger partial charge in [0.05, 0.1) is 4.92 Å². The Morgan fingerprint density at radius 3 is 2.20 bits per heavy atom. The van der Waals surface area contributed by atoms with Gasteiger partial charge in [-0.15, -0.1) is 0 Å². The van der Waals surface area contributed by atoms with Crippen LogP contribution in [0.15, 0.2) is 48.5 Å². The van der Waals surface area contributed by atoms with Crippen LogP contribution in [0.1, 0.15) is 18.1 Å². The van der Waals surface area contributed by atoms with Crippen LogP contribution in [0.2, 0.25) is 0 Å². The number of hydrogen-bond donors (Lipinski definition) is 3. The molecule has 2 aromatic rings. The van der Waals surface area contributed by atoms with Crippen LogP contribution in [0.5, 0.6) is 0 Å². The first-order valence-electron chi connectivity index (χ1n) is 9.00. The predicted molar refractivity (Wildman–Crippen MR) is 106 cm³/mol. The van der Waals surface area contributed by atoms with E-state index < -0.39 is 40.5 Å². The average molecular weight is 416 g/mol. The van der Waals surface area contributed by atoms with Gasteiger partial charge in [-0.1, -0.05) is 24.3 Å². The van der Waals surface area contributed by atoms with Crippen LogP contribution in [0.25, 0.3) is 0 Å². The van der Waals surface area contributed by atoms with Crippen LogP contribution in [0.3, 0.4) is 0 Å². The molecule has 158 valence electrons. The molecule has 0 aliphatic rings. The summed E-state index contributed by atoms with van der Waals surface area (Å²) in [5.41, 5.74) is 6.30. The molecule has 10 heteroatoms. The molecule has 0 aliphatic heterocycles. The molecular formula is C20H21FN4O5. The van der Waals surface area contributed by atoms with Crippen LogP contribution in [0.4, 0.5) is 10.1 Å². The Labute approximate surface area is 171 Å². The second-order valence-electron chi connectivity index (χ2n) is 6.68. The molecule has 0 fully saturated rings. The minimum atomic E-state index is -1.11. The first kappa shape index (κ1) is 22.5. The van der Waals surface area contributed by atoms with Crippen LogP contribution < -0.4 is 16.4 Å². The molecule has 9 nitrogen and oxygen atoms in total.